The fourth-order valence-corrected chi connectivity index (χ4v) is 5.84. The smallest absolute Gasteiger partial charge is 0.243 e. The van der Waals surface area contributed by atoms with Crippen molar-refractivity contribution in [3.05, 3.63) is 54.1 Å². The van der Waals surface area contributed by atoms with E-state index in [9.17, 15) is 8.42 Å². The first-order valence-electron chi connectivity index (χ1n) is 11.4. The van der Waals surface area contributed by atoms with E-state index in [0.717, 1.165) is 36.9 Å². The van der Waals surface area contributed by atoms with Gasteiger partial charge in [0.15, 0.2) is 17.3 Å². The number of methoxy groups -OCH3 is 2. The van der Waals surface area contributed by atoms with Gasteiger partial charge < -0.3 is 14.8 Å². The maximum atomic E-state index is 13.4. The number of benzene rings is 2. The van der Waals surface area contributed by atoms with Crippen molar-refractivity contribution in [1.82, 2.24) is 14.5 Å². The Morgan fingerprint density at radius 2 is 1.59 bits per heavy atom. The predicted octanol–water partition coefficient (Wildman–Crippen LogP) is 4.78. The van der Waals surface area contributed by atoms with Crippen molar-refractivity contribution >= 4 is 21.5 Å². The number of aryl methyl sites for hydroxylation is 1. The molecule has 0 amide bonds. The molecular weight excluding hydrogens is 452 g/mol. The third kappa shape index (κ3) is 5.15. The summed E-state index contributed by atoms with van der Waals surface area (Å²) < 4.78 is 38.9. The van der Waals surface area contributed by atoms with E-state index in [0.29, 0.717) is 46.6 Å². The molecule has 1 aliphatic heterocycles. The van der Waals surface area contributed by atoms with Crippen LogP contribution in [0.2, 0.25) is 0 Å². The summed E-state index contributed by atoms with van der Waals surface area (Å²) in [6, 6.07) is 14.5. The lowest BCUT2D eigenvalue weighted by Crippen LogP contribution is -2.32. The highest BCUT2D eigenvalue weighted by Gasteiger charge is 2.27. The summed E-state index contributed by atoms with van der Waals surface area (Å²) in [5, 5.41) is 11.8. The molecule has 180 valence electrons. The molecule has 2 aromatic carbocycles. The van der Waals surface area contributed by atoms with Crippen LogP contribution in [0, 0.1) is 6.92 Å². The summed E-state index contributed by atoms with van der Waals surface area (Å²) in [4.78, 5) is 0.334. The molecule has 0 radical (unpaired) electrons. The van der Waals surface area contributed by atoms with Gasteiger partial charge in [-0.1, -0.05) is 25.0 Å². The average molecular weight is 483 g/mol. The van der Waals surface area contributed by atoms with Gasteiger partial charge in [-0.05, 0) is 55.7 Å². The van der Waals surface area contributed by atoms with Crippen molar-refractivity contribution in [2.75, 3.05) is 32.6 Å². The first-order chi connectivity index (χ1) is 16.4. The zero-order valence-electron chi connectivity index (χ0n) is 19.7. The molecule has 9 heteroatoms. The lowest BCUT2D eigenvalue weighted by Gasteiger charge is -2.21. The number of hydrogen-bond donors (Lipinski definition) is 1. The minimum atomic E-state index is -3.56. The van der Waals surface area contributed by atoms with Gasteiger partial charge in [-0.25, -0.2) is 8.42 Å². The first kappa shape index (κ1) is 24.0. The molecule has 0 bridgehead atoms. The SMILES string of the molecule is COc1ccc(Nc2ccc(-c3ccc(C)c(S(=O)(=O)N4CCCCCC4)c3)nn2)cc1OC. The third-order valence-corrected chi connectivity index (χ3v) is 8.03. The van der Waals surface area contributed by atoms with Gasteiger partial charge in [0.25, 0.3) is 0 Å². The van der Waals surface area contributed by atoms with Crippen LogP contribution in [0.3, 0.4) is 0 Å². The fourth-order valence-electron chi connectivity index (χ4n) is 4.07. The summed E-state index contributed by atoms with van der Waals surface area (Å²) in [7, 11) is -0.387. The first-order valence-corrected chi connectivity index (χ1v) is 12.8. The summed E-state index contributed by atoms with van der Waals surface area (Å²) in [6.45, 7) is 2.97. The molecule has 1 aliphatic rings. The Morgan fingerprint density at radius 3 is 2.24 bits per heavy atom. The molecule has 0 aliphatic carbocycles. The number of aromatic nitrogens is 2. The molecule has 3 aromatic rings. The monoisotopic (exact) mass is 482 g/mol. The number of nitrogens with zero attached hydrogens (tertiary/aromatic N) is 3. The van der Waals surface area contributed by atoms with Crippen molar-refractivity contribution < 1.29 is 17.9 Å². The Labute approximate surface area is 201 Å². The van der Waals surface area contributed by atoms with Crippen LogP contribution in [0.1, 0.15) is 31.2 Å². The van der Waals surface area contributed by atoms with E-state index in [1.54, 1.807) is 24.6 Å². The standard InChI is InChI=1S/C25H30N4O4S/c1-18-8-9-19(16-24(18)34(30,31)29-14-6-4-5-7-15-29)21-11-13-25(28-27-21)26-20-10-12-22(32-2)23(17-20)33-3/h8-13,16-17H,4-7,14-15H2,1-3H3,(H,26,28). The Bertz CT molecular complexity index is 1240. The second-order valence-corrected chi connectivity index (χ2v) is 10.2. The molecule has 1 N–H and O–H groups in total. The topological polar surface area (TPSA) is 93.7 Å². The maximum absolute atomic E-state index is 13.4. The highest BCUT2D eigenvalue weighted by Crippen LogP contribution is 2.31. The van der Waals surface area contributed by atoms with Crippen LogP contribution in [0.15, 0.2) is 53.4 Å². The second-order valence-electron chi connectivity index (χ2n) is 8.30. The van der Waals surface area contributed by atoms with E-state index in [-0.39, 0.29) is 0 Å². The van der Waals surface area contributed by atoms with E-state index < -0.39 is 10.0 Å². The summed E-state index contributed by atoms with van der Waals surface area (Å²) >= 11 is 0. The van der Waals surface area contributed by atoms with Gasteiger partial charge in [0.05, 0.1) is 24.8 Å². The molecule has 0 atom stereocenters. The molecule has 34 heavy (non-hydrogen) atoms. The molecule has 1 aromatic heterocycles. The van der Waals surface area contributed by atoms with E-state index in [2.05, 4.69) is 15.5 Å². The van der Waals surface area contributed by atoms with Gasteiger partial charge in [-0.3, -0.25) is 0 Å². The van der Waals surface area contributed by atoms with Crippen LogP contribution < -0.4 is 14.8 Å². The Hall–Kier alpha value is -3.17. The van der Waals surface area contributed by atoms with Crippen molar-refractivity contribution in [3.63, 3.8) is 0 Å². The molecule has 1 saturated heterocycles. The Balaban J connectivity index is 1.56. The number of sulfonamides is 1. The zero-order chi connectivity index (χ0) is 24.1. The molecule has 2 heterocycles. The van der Waals surface area contributed by atoms with Crippen LogP contribution in [0.25, 0.3) is 11.3 Å². The normalized spacial score (nSPS) is 14.9. The number of ether oxygens (including phenoxy) is 2. The van der Waals surface area contributed by atoms with Gasteiger partial charge >= 0.3 is 0 Å². The van der Waals surface area contributed by atoms with Crippen LogP contribution in [-0.2, 0) is 10.0 Å². The third-order valence-electron chi connectivity index (χ3n) is 5.99. The molecule has 8 nitrogen and oxygen atoms in total. The predicted molar refractivity (Wildman–Crippen MR) is 132 cm³/mol. The van der Waals surface area contributed by atoms with Crippen LogP contribution in [-0.4, -0.2) is 50.2 Å². The van der Waals surface area contributed by atoms with Gasteiger partial charge in [0.1, 0.15) is 0 Å². The highest BCUT2D eigenvalue weighted by molar-refractivity contribution is 7.89. The van der Waals surface area contributed by atoms with Crippen LogP contribution >= 0.6 is 0 Å². The van der Waals surface area contributed by atoms with Crippen molar-refractivity contribution in [1.29, 1.82) is 0 Å². The van der Waals surface area contributed by atoms with Crippen molar-refractivity contribution in [3.8, 4) is 22.8 Å². The van der Waals surface area contributed by atoms with Gasteiger partial charge in [0, 0.05) is 30.4 Å². The Kier molecular flexibility index (Phi) is 7.33. The van der Waals surface area contributed by atoms with Gasteiger partial charge in [-0.15, -0.1) is 10.2 Å². The maximum Gasteiger partial charge on any atom is 0.243 e. The highest BCUT2D eigenvalue weighted by atomic mass is 32.2. The molecule has 1 fully saturated rings. The van der Waals surface area contributed by atoms with Crippen LogP contribution in [0.5, 0.6) is 11.5 Å². The van der Waals surface area contributed by atoms with Gasteiger partial charge in [-0.2, -0.15) is 4.31 Å². The van der Waals surface area contributed by atoms with Crippen molar-refractivity contribution in [2.45, 2.75) is 37.5 Å². The zero-order valence-corrected chi connectivity index (χ0v) is 20.6. The van der Waals surface area contributed by atoms with Gasteiger partial charge in [0.2, 0.25) is 10.0 Å². The van der Waals surface area contributed by atoms with E-state index >= 15 is 0 Å². The number of rotatable bonds is 7. The molecule has 0 unspecified atom stereocenters. The second kappa shape index (κ2) is 10.4. The average Bonchev–Trinajstić information content (AvgIpc) is 3.15. The fraction of sp³-hybridized carbons (Fsp3) is 0.360. The molecule has 0 saturated carbocycles. The summed E-state index contributed by atoms with van der Waals surface area (Å²) in [6.07, 6.45) is 3.95. The lowest BCUT2D eigenvalue weighted by atomic mass is 10.1. The molecule has 0 spiro atoms. The molecular formula is C25H30N4O4S. The van der Waals surface area contributed by atoms with Crippen molar-refractivity contribution in [2.24, 2.45) is 0 Å². The summed E-state index contributed by atoms with van der Waals surface area (Å²) in [5.74, 6) is 1.80. The molecule has 4 rings (SSSR count). The quantitative estimate of drug-likeness (QED) is 0.518. The van der Waals surface area contributed by atoms with E-state index in [4.69, 9.17) is 9.47 Å². The van der Waals surface area contributed by atoms with E-state index in [1.807, 2.05) is 49.4 Å². The largest absolute Gasteiger partial charge is 0.493 e. The minimum absolute atomic E-state index is 0.334. The summed E-state index contributed by atoms with van der Waals surface area (Å²) in [5.41, 5.74) is 2.82. The number of hydrogen-bond acceptors (Lipinski definition) is 7. The Morgan fingerprint density at radius 1 is 0.853 bits per heavy atom. The van der Waals surface area contributed by atoms with Crippen LogP contribution in [0.4, 0.5) is 11.5 Å². The van der Waals surface area contributed by atoms with E-state index in [1.165, 1.54) is 0 Å². The number of anilines is 2. The number of nitrogens with one attached hydrogen (secondary N) is 1. The lowest BCUT2D eigenvalue weighted by molar-refractivity contribution is 0.355. The minimum Gasteiger partial charge on any atom is -0.493 e.